The molecule has 1 saturated heterocycles. The molecule has 8 heteroatoms. The van der Waals surface area contributed by atoms with Gasteiger partial charge in [-0.25, -0.2) is 9.67 Å². The molecule has 3 aromatic rings. The minimum absolute atomic E-state index is 0.0274. The van der Waals surface area contributed by atoms with Gasteiger partial charge in [0.1, 0.15) is 0 Å². The number of amides is 1. The van der Waals surface area contributed by atoms with Crippen LogP contribution in [0, 0.1) is 6.92 Å². The van der Waals surface area contributed by atoms with E-state index in [1.165, 1.54) is 0 Å². The summed E-state index contributed by atoms with van der Waals surface area (Å²) in [4.78, 5) is 22.0. The highest BCUT2D eigenvalue weighted by molar-refractivity contribution is 6.42. The van der Waals surface area contributed by atoms with Crippen molar-refractivity contribution in [3.63, 3.8) is 0 Å². The smallest absolute Gasteiger partial charge is 0.255 e. The van der Waals surface area contributed by atoms with E-state index < -0.39 is 0 Å². The van der Waals surface area contributed by atoms with E-state index in [1.54, 1.807) is 12.3 Å². The second-order valence-electron chi connectivity index (χ2n) is 8.00. The van der Waals surface area contributed by atoms with E-state index in [0.717, 1.165) is 41.9 Å². The molecule has 30 heavy (non-hydrogen) atoms. The lowest BCUT2D eigenvalue weighted by Crippen LogP contribution is -2.48. The van der Waals surface area contributed by atoms with Gasteiger partial charge in [-0.15, -0.1) is 0 Å². The van der Waals surface area contributed by atoms with Gasteiger partial charge in [0.15, 0.2) is 5.65 Å². The number of pyridine rings is 1. The molecular weight excluding hydrogens is 421 g/mol. The van der Waals surface area contributed by atoms with Crippen LogP contribution in [0.2, 0.25) is 10.0 Å². The first-order chi connectivity index (χ1) is 14.3. The Morgan fingerprint density at radius 2 is 1.90 bits per heavy atom. The summed E-state index contributed by atoms with van der Waals surface area (Å²) in [7, 11) is 0. The van der Waals surface area contributed by atoms with Crippen molar-refractivity contribution in [2.24, 2.45) is 0 Å². The van der Waals surface area contributed by atoms with Crippen LogP contribution in [0.15, 0.2) is 30.5 Å². The van der Waals surface area contributed by atoms with Crippen molar-refractivity contribution in [3.8, 4) is 0 Å². The van der Waals surface area contributed by atoms with Gasteiger partial charge in [0.25, 0.3) is 5.91 Å². The number of halogens is 2. The fourth-order valence-corrected chi connectivity index (χ4v) is 4.23. The highest BCUT2D eigenvalue weighted by Crippen LogP contribution is 2.27. The lowest BCUT2D eigenvalue weighted by atomic mass is 10.1. The fraction of sp³-hybridized carbons (Fsp3) is 0.409. The van der Waals surface area contributed by atoms with Crippen molar-refractivity contribution in [1.82, 2.24) is 24.6 Å². The predicted molar refractivity (Wildman–Crippen MR) is 120 cm³/mol. The van der Waals surface area contributed by atoms with Gasteiger partial charge in [-0.3, -0.25) is 9.69 Å². The Bertz CT molecular complexity index is 1090. The van der Waals surface area contributed by atoms with Gasteiger partial charge in [-0.05, 0) is 38.5 Å². The topological polar surface area (TPSA) is 54.3 Å². The number of nitrogens with zero attached hydrogens (tertiary/aromatic N) is 5. The van der Waals surface area contributed by atoms with E-state index in [0.29, 0.717) is 28.7 Å². The van der Waals surface area contributed by atoms with Crippen LogP contribution in [0.5, 0.6) is 0 Å². The Morgan fingerprint density at radius 1 is 1.17 bits per heavy atom. The van der Waals surface area contributed by atoms with Crippen molar-refractivity contribution < 1.29 is 4.79 Å². The Kier molecular flexibility index (Phi) is 6.00. The number of fused-ring (bicyclic) bond motifs is 1. The number of carbonyl (C=O) groups is 1. The molecular formula is C22H25Cl2N5O. The van der Waals surface area contributed by atoms with Gasteiger partial charge in [0.2, 0.25) is 0 Å². The van der Waals surface area contributed by atoms with Crippen LogP contribution >= 0.6 is 23.2 Å². The SMILES string of the molecule is Cc1nc2c(cnn2C(C)C)cc1C(=O)N1CCN(Cc2cccc(Cl)c2Cl)CC1. The number of carbonyl (C=O) groups excluding carboxylic acids is 1. The maximum Gasteiger partial charge on any atom is 0.255 e. The van der Waals surface area contributed by atoms with Crippen LogP contribution in [0.25, 0.3) is 11.0 Å². The van der Waals surface area contributed by atoms with E-state index in [1.807, 2.05) is 34.7 Å². The quantitative estimate of drug-likeness (QED) is 0.589. The van der Waals surface area contributed by atoms with Gasteiger partial charge < -0.3 is 4.90 Å². The van der Waals surface area contributed by atoms with Crippen LogP contribution < -0.4 is 0 Å². The third kappa shape index (κ3) is 4.04. The van der Waals surface area contributed by atoms with Crippen LogP contribution in [0.1, 0.15) is 41.5 Å². The summed E-state index contributed by atoms with van der Waals surface area (Å²) in [5.41, 5.74) is 3.22. The average molecular weight is 446 g/mol. The lowest BCUT2D eigenvalue weighted by molar-refractivity contribution is 0.0627. The summed E-state index contributed by atoms with van der Waals surface area (Å²) < 4.78 is 1.89. The zero-order chi connectivity index (χ0) is 21.4. The van der Waals surface area contributed by atoms with Crippen LogP contribution in [-0.2, 0) is 6.54 Å². The zero-order valence-corrected chi connectivity index (χ0v) is 18.9. The molecule has 0 unspecified atom stereocenters. The second-order valence-corrected chi connectivity index (χ2v) is 8.78. The van der Waals surface area contributed by atoms with Crippen molar-refractivity contribution in [2.75, 3.05) is 26.2 Å². The normalized spacial score (nSPS) is 15.3. The predicted octanol–water partition coefficient (Wildman–Crippen LogP) is 4.59. The fourth-order valence-electron chi connectivity index (χ4n) is 3.85. The molecule has 0 spiro atoms. The monoisotopic (exact) mass is 445 g/mol. The maximum atomic E-state index is 13.2. The molecule has 0 bridgehead atoms. The van der Waals surface area contributed by atoms with Crippen LogP contribution in [0.3, 0.4) is 0 Å². The summed E-state index contributed by atoms with van der Waals surface area (Å²) in [5.74, 6) is 0.0274. The van der Waals surface area contributed by atoms with Crippen molar-refractivity contribution in [1.29, 1.82) is 0 Å². The van der Waals surface area contributed by atoms with E-state index in [-0.39, 0.29) is 11.9 Å². The highest BCUT2D eigenvalue weighted by atomic mass is 35.5. The molecule has 0 aliphatic carbocycles. The maximum absolute atomic E-state index is 13.2. The van der Waals surface area contributed by atoms with Crippen LogP contribution in [0.4, 0.5) is 0 Å². The molecule has 1 amide bonds. The van der Waals surface area contributed by atoms with Gasteiger partial charge >= 0.3 is 0 Å². The number of piperazine rings is 1. The molecule has 0 N–H and O–H groups in total. The first-order valence-electron chi connectivity index (χ1n) is 10.1. The van der Waals surface area contributed by atoms with Gasteiger partial charge in [0.05, 0.1) is 27.5 Å². The molecule has 0 atom stereocenters. The number of benzene rings is 1. The molecule has 6 nitrogen and oxygen atoms in total. The van der Waals surface area contributed by atoms with E-state index >= 15 is 0 Å². The number of aryl methyl sites for hydroxylation is 1. The number of hydrogen-bond donors (Lipinski definition) is 0. The van der Waals surface area contributed by atoms with E-state index in [9.17, 15) is 4.79 Å². The van der Waals surface area contributed by atoms with Gasteiger partial charge in [-0.1, -0.05) is 35.3 Å². The van der Waals surface area contributed by atoms with Crippen molar-refractivity contribution >= 4 is 40.1 Å². The number of rotatable bonds is 4. The summed E-state index contributed by atoms with van der Waals surface area (Å²) in [6.07, 6.45) is 1.78. The molecule has 2 aromatic heterocycles. The van der Waals surface area contributed by atoms with E-state index in [4.69, 9.17) is 23.2 Å². The summed E-state index contributed by atoms with van der Waals surface area (Å²) in [6, 6.07) is 7.84. The van der Waals surface area contributed by atoms with Gasteiger partial charge in [0, 0.05) is 44.2 Å². The zero-order valence-electron chi connectivity index (χ0n) is 17.4. The second kappa shape index (κ2) is 8.53. The highest BCUT2D eigenvalue weighted by Gasteiger charge is 2.25. The third-order valence-electron chi connectivity index (χ3n) is 5.56. The molecule has 3 heterocycles. The number of hydrogen-bond acceptors (Lipinski definition) is 4. The van der Waals surface area contributed by atoms with E-state index in [2.05, 4.69) is 28.8 Å². The van der Waals surface area contributed by atoms with Crippen molar-refractivity contribution in [2.45, 2.75) is 33.4 Å². The van der Waals surface area contributed by atoms with Gasteiger partial charge in [-0.2, -0.15) is 5.10 Å². The Balaban J connectivity index is 1.45. The Labute approximate surface area is 186 Å². The first-order valence-corrected chi connectivity index (χ1v) is 10.9. The average Bonchev–Trinajstić information content (AvgIpc) is 3.14. The van der Waals surface area contributed by atoms with Crippen molar-refractivity contribution in [3.05, 3.63) is 57.3 Å². The molecule has 0 saturated carbocycles. The molecule has 158 valence electrons. The summed E-state index contributed by atoms with van der Waals surface area (Å²) in [6.45, 7) is 9.66. The minimum Gasteiger partial charge on any atom is -0.336 e. The Morgan fingerprint density at radius 3 is 2.60 bits per heavy atom. The molecule has 0 radical (unpaired) electrons. The Hall–Kier alpha value is -2.15. The first kappa shape index (κ1) is 21.1. The molecule has 1 fully saturated rings. The molecule has 4 rings (SSSR count). The summed E-state index contributed by atoms with van der Waals surface area (Å²) in [5, 5.41) is 6.49. The largest absolute Gasteiger partial charge is 0.336 e. The molecule has 1 aromatic carbocycles. The molecule has 1 aliphatic heterocycles. The summed E-state index contributed by atoms with van der Waals surface area (Å²) >= 11 is 12.4. The minimum atomic E-state index is 0.0274. The van der Waals surface area contributed by atoms with Crippen LogP contribution in [-0.4, -0.2) is 56.7 Å². The number of aromatic nitrogens is 3. The molecule has 1 aliphatic rings. The third-order valence-corrected chi connectivity index (χ3v) is 6.42. The lowest BCUT2D eigenvalue weighted by Gasteiger charge is -2.35. The standard InChI is InChI=1S/C22H25Cl2N5O/c1-14(2)29-21-17(12-25-29)11-18(15(3)26-21)22(30)28-9-7-27(8-10-28)13-16-5-4-6-19(23)20(16)24/h4-6,11-12,14H,7-10,13H2,1-3H3.